The fourth-order valence-corrected chi connectivity index (χ4v) is 3.78. The summed E-state index contributed by atoms with van der Waals surface area (Å²) >= 11 is 0. The lowest BCUT2D eigenvalue weighted by atomic mass is 9.88. The Morgan fingerprint density at radius 1 is 1.14 bits per heavy atom. The predicted molar refractivity (Wildman–Crippen MR) is 110 cm³/mol. The van der Waals surface area contributed by atoms with Gasteiger partial charge in [0.1, 0.15) is 11.5 Å². The summed E-state index contributed by atoms with van der Waals surface area (Å²) in [4.78, 5) is 25.7. The van der Waals surface area contributed by atoms with Gasteiger partial charge in [-0.1, -0.05) is 18.2 Å². The number of carbonyl (C=O) groups is 2. The summed E-state index contributed by atoms with van der Waals surface area (Å²) in [7, 11) is 1.62. The second-order valence-corrected chi connectivity index (χ2v) is 7.41. The summed E-state index contributed by atoms with van der Waals surface area (Å²) in [6.07, 6.45) is 2.45. The first-order valence-electron chi connectivity index (χ1n) is 9.84. The molecule has 0 aromatic heterocycles. The molecule has 0 saturated carbocycles. The number of aromatic carboxylic acids is 1. The van der Waals surface area contributed by atoms with Crippen molar-refractivity contribution in [3.05, 3.63) is 59.2 Å². The predicted octanol–water partition coefficient (Wildman–Crippen LogP) is 3.56. The summed E-state index contributed by atoms with van der Waals surface area (Å²) in [5.74, 6) is 0.902. The van der Waals surface area contributed by atoms with Crippen LogP contribution in [-0.4, -0.2) is 48.7 Å². The van der Waals surface area contributed by atoms with Gasteiger partial charge in [0.05, 0.1) is 12.7 Å². The maximum absolute atomic E-state index is 12.5. The molecule has 29 heavy (non-hydrogen) atoms. The molecule has 3 rings (SSSR count). The van der Waals surface area contributed by atoms with Crippen LogP contribution in [0.15, 0.2) is 42.5 Å². The highest BCUT2D eigenvalue weighted by atomic mass is 16.5. The van der Waals surface area contributed by atoms with Crippen molar-refractivity contribution in [3.63, 3.8) is 0 Å². The number of aryl methyl sites for hydroxylation is 1. The number of carboxylic acids is 1. The Morgan fingerprint density at radius 3 is 2.52 bits per heavy atom. The smallest absolute Gasteiger partial charge is 0.335 e. The molecule has 1 saturated heterocycles. The first kappa shape index (κ1) is 20.7. The average Bonchev–Trinajstić information content (AvgIpc) is 2.73. The maximum Gasteiger partial charge on any atom is 0.335 e. The molecular formula is C23H27NO5. The second kappa shape index (κ2) is 9.45. The second-order valence-electron chi connectivity index (χ2n) is 7.41. The van der Waals surface area contributed by atoms with Crippen molar-refractivity contribution in [2.75, 3.05) is 26.8 Å². The summed E-state index contributed by atoms with van der Waals surface area (Å²) in [6.45, 7) is 3.28. The third kappa shape index (κ3) is 5.28. The van der Waals surface area contributed by atoms with Crippen LogP contribution in [0.25, 0.3) is 0 Å². The molecular weight excluding hydrogens is 370 g/mol. The van der Waals surface area contributed by atoms with Crippen LogP contribution in [0, 0.1) is 12.8 Å². The molecule has 6 nitrogen and oxygen atoms in total. The van der Waals surface area contributed by atoms with Crippen LogP contribution in [0.4, 0.5) is 0 Å². The van der Waals surface area contributed by atoms with Crippen LogP contribution < -0.4 is 9.47 Å². The molecule has 2 aromatic rings. The van der Waals surface area contributed by atoms with Gasteiger partial charge in [0, 0.05) is 13.1 Å². The lowest BCUT2D eigenvalue weighted by Crippen LogP contribution is -2.41. The Balaban J connectivity index is 1.48. The van der Waals surface area contributed by atoms with Gasteiger partial charge in [-0.3, -0.25) is 4.79 Å². The summed E-state index contributed by atoms with van der Waals surface area (Å²) in [6, 6.07) is 12.6. The highest BCUT2D eigenvalue weighted by Crippen LogP contribution is 2.25. The quantitative estimate of drug-likeness (QED) is 0.773. The van der Waals surface area contributed by atoms with E-state index >= 15 is 0 Å². The van der Waals surface area contributed by atoms with Crippen molar-refractivity contribution < 1.29 is 24.2 Å². The van der Waals surface area contributed by atoms with E-state index in [1.165, 1.54) is 0 Å². The molecule has 0 unspecified atom stereocenters. The molecule has 0 atom stereocenters. The van der Waals surface area contributed by atoms with Crippen LogP contribution in [-0.2, 0) is 11.2 Å². The van der Waals surface area contributed by atoms with Crippen molar-refractivity contribution in [1.82, 2.24) is 4.90 Å². The van der Waals surface area contributed by atoms with Crippen LogP contribution in [0.2, 0.25) is 0 Å². The van der Waals surface area contributed by atoms with Crippen LogP contribution in [0.3, 0.4) is 0 Å². The number of piperidine rings is 1. The molecule has 1 fully saturated rings. The number of hydrogen-bond donors (Lipinski definition) is 1. The van der Waals surface area contributed by atoms with Gasteiger partial charge in [0.25, 0.3) is 5.91 Å². The van der Waals surface area contributed by atoms with E-state index in [2.05, 4.69) is 0 Å². The van der Waals surface area contributed by atoms with Gasteiger partial charge in [-0.15, -0.1) is 0 Å². The number of amides is 1. The lowest BCUT2D eigenvalue weighted by Gasteiger charge is -2.32. The Morgan fingerprint density at radius 2 is 1.86 bits per heavy atom. The van der Waals surface area contributed by atoms with Crippen molar-refractivity contribution in [2.45, 2.75) is 26.2 Å². The van der Waals surface area contributed by atoms with Gasteiger partial charge in [0.15, 0.2) is 6.61 Å². The number of methoxy groups -OCH3 is 1. The molecule has 0 spiro atoms. The molecule has 0 aliphatic carbocycles. The van der Waals surface area contributed by atoms with E-state index in [9.17, 15) is 14.7 Å². The van der Waals surface area contributed by atoms with Gasteiger partial charge in [-0.05, 0) is 67.5 Å². The van der Waals surface area contributed by atoms with Gasteiger partial charge >= 0.3 is 5.97 Å². The van der Waals surface area contributed by atoms with Crippen molar-refractivity contribution >= 4 is 11.9 Å². The SMILES string of the molecule is COc1ccc(OCC(=O)N2CCC(Cc3ccccc3C(=O)O)CC2)cc1C. The fourth-order valence-electron chi connectivity index (χ4n) is 3.78. The normalized spacial score (nSPS) is 14.5. The first-order valence-corrected chi connectivity index (χ1v) is 9.84. The molecule has 0 bridgehead atoms. The highest BCUT2D eigenvalue weighted by Gasteiger charge is 2.24. The highest BCUT2D eigenvalue weighted by molar-refractivity contribution is 5.89. The molecule has 1 aliphatic rings. The molecule has 154 valence electrons. The van der Waals surface area contributed by atoms with Gasteiger partial charge in [0.2, 0.25) is 0 Å². The number of rotatable bonds is 7. The number of ether oxygens (including phenoxy) is 2. The molecule has 0 radical (unpaired) electrons. The number of hydrogen-bond acceptors (Lipinski definition) is 4. The number of carboxylic acid groups (broad SMARTS) is 1. The largest absolute Gasteiger partial charge is 0.496 e. The van der Waals surface area contributed by atoms with Crippen molar-refractivity contribution in [3.8, 4) is 11.5 Å². The first-order chi connectivity index (χ1) is 14.0. The zero-order valence-corrected chi connectivity index (χ0v) is 16.9. The minimum Gasteiger partial charge on any atom is -0.496 e. The van der Waals surface area contributed by atoms with Crippen LogP contribution >= 0.6 is 0 Å². The number of likely N-dealkylation sites (tertiary alicyclic amines) is 1. The minimum atomic E-state index is -0.890. The average molecular weight is 397 g/mol. The molecule has 1 amide bonds. The summed E-state index contributed by atoms with van der Waals surface area (Å²) in [5.41, 5.74) is 2.19. The molecule has 6 heteroatoms. The lowest BCUT2D eigenvalue weighted by molar-refractivity contribution is -0.134. The van der Waals surface area contributed by atoms with E-state index in [4.69, 9.17) is 9.47 Å². The third-order valence-corrected chi connectivity index (χ3v) is 5.45. The zero-order chi connectivity index (χ0) is 20.8. The summed E-state index contributed by atoms with van der Waals surface area (Å²) in [5, 5.41) is 9.34. The van der Waals surface area contributed by atoms with Crippen LogP contribution in [0.5, 0.6) is 11.5 Å². The standard InChI is InChI=1S/C23H27NO5/c1-16-13-19(7-8-21(16)28-2)29-15-22(25)24-11-9-17(10-12-24)14-18-5-3-4-6-20(18)23(26)27/h3-8,13,17H,9-12,14-15H2,1-2H3,(H,26,27). The topological polar surface area (TPSA) is 76.1 Å². The number of carbonyl (C=O) groups excluding carboxylic acids is 1. The van der Waals surface area contributed by atoms with E-state index in [-0.39, 0.29) is 12.5 Å². The van der Waals surface area contributed by atoms with Crippen LogP contribution in [0.1, 0.15) is 34.3 Å². The Kier molecular flexibility index (Phi) is 6.75. The van der Waals surface area contributed by atoms with E-state index in [0.717, 1.165) is 36.1 Å². The van der Waals surface area contributed by atoms with Crippen molar-refractivity contribution in [1.29, 1.82) is 0 Å². The van der Waals surface area contributed by atoms with Gasteiger partial charge in [-0.25, -0.2) is 4.79 Å². The third-order valence-electron chi connectivity index (χ3n) is 5.45. The number of nitrogens with zero attached hydrogens (tertiary/aromatic N) is 1. The maximum atomic E-state index is 12.5. The molecule has 1 N–H and O–H groups in total. The Bertz CT molecular complexity index is 871. The van der Waals surface area contributed by atoms with Crippen molar-refractivity contribution in [2.24, 2.45) is 5.92 Å². The Hall–Kier alpha value is -3.02. The molecule has 1 aliphatic heterocycles. The van der Waals surface area contributed by atoms with E-state index in [1.807, 2.05) is 36.1 Å². The monoisotopic (exact) mass is 397 g/mol. The summed E-state index contributed by atoms with van der Waals surface area (Å²) < 4.78 is 10.9. The van der Waals surface area contributed by atoms with Gasteiger partial charge in [-0.2, -0.15) is 0 Å². The van der Waals surface area contributed by atoms with E-state index in [0.29, 0.717) is 30.3 Å². The van der Waals surface area contributed by atoms with E-state index in [1.54, 1.807) is 25.3 Å². The molecule has 1 heterocycles. The molecule has 2 aromatic carbocycles. The number of benzene rings is 2. The van der Waals surface area contributed by atoms with Gasteiger partial charge < -0.3 is 19.5 Å². The van der Waals surface area contributed by atoms with E-state index < -0.39 is 5.97 Å². The minimum absolute atomic E-state index is 0.0122. The Labute approximate surface area is 171 Å². The zero-order valence-electron chi connectivity index (χ0n) is 16.9. The fraction of sp³-hybridized carbons (Fsp3) is 0.391.